The molecule has 1 aliphatic rings. The molecule has 3 heterocycles. The highest BCUT2D eigenvalue weighted by Gasteiger charge is 2.51. The van der Waals surface area contributed by atoms with Gasteiger partial charge in [-0.3, -0.25) is 19.0 Å². The van der Waals surface area contributed by atoms with E-state index in [0.717, 1.165) is 11.1 Å². The second-order valence-electron chi connectivity index (χ2n) is 9.94. The molecule has 1 fully saturated rings. The molecule has 0 aliphatic carbocycles. The van der Waals surface area contributed by atoms with Crippen molar-refractivity contribution in [1.82, 2.24) is 19.5 Å². The van der Waals surface area contributed by atoms with Crippen LogP contribution in [-0.4, -0.2) is 68.9 Å². The van der Waals surface area contributed by atoms with Crippen molar-refractivity contribution in [3.63, 3.8) is 0 Å². The molecule has 0 amide bonds. The van der Waals surface area contributed by atoms with Gasteiger partial charge in [0.15, 0.2) is 39.2 Å². The number of esters is 3. The number of ether oxygens (including phenoxy) is 4. The maximum Gasteiger partial charge on any atom is 0.303 e. The van der Waals surface area contributed by atoms with Gasteiger partial charge in [0.2, 0.25) is 0 Å². The highest BCUT2D eigenvalue weighted by atomic mass is 127. The van der Waals surface area contributed by atoms with Crippen LogP contribution in [0, 0.1) is 3.83 Å². The molecule has 0 radical (unpaired) electrons. The van der Waals surface area contributed by atoms with Gasteiger partial charge >= 0.3 is 17.9 Å². The van der Waals surface area contributed by atoms with E-state index in [1.807, 2.05) is 59.0 Å². The van der Waals surface area contributed by atoms with E-state index in [-0.39, 0.29) is 12.5 Å². The van der Waals surface area contributed by atoms with E-state index in [2.05, 4.69) is 44.5 Å². The maximum absolute atomic E-state index is 12.1. The SMILES string of the molecule is CC(=O)OC[C@H]1O[C@@H](n2cnc3c(NCC(c4ccccc4)c4ccccc4)nc(I)nc32)[C@H](OC(C)=O)[C@@H]1OC(C)=O. The van der Waals surface area contributed by atoms with Crippen LogP contribution >= 0.6 is 22.6 Å². The topological polar surface area (TPSA) is 144 Å². The molecule has 0 bridgehead atoms. The highest BCUT2D eigenvalue weighted by molar-refractivity contribution is 14.1. The average Bonchev–Trinajstić information content (AvgIpc) is 3.53. The van der Waals surface area contributed by atoms with E-state index in [4.69, 9.17) is 18.9 Å². The van der Waals surface area contributed by atoms with Crippen molar-refractivity contribution in [2.45, 2.75) is 51.2 Å². The van der Waals surface area contributed by atoms with E-state index in [0.29, 0.717) is 27.4 Å². The van der Waals surface area contributed by atoms with Crippen LogP contribution in [0.15, 0.2) is 67.0 Å². The van der Waals surface area contributed by atoms with Gasteiger partial charge in [-0.2, -0.15) is 0 Å². The quantitative estimate of drug-likeness (QED) is 0.111. The van der Waals surface area contributed by atoms with Crippen molar-refractivity contribution in [3.8, 4) is 0 Å². The van der Waals surface area contributed by atoms with Gasteiger partial charge in [-0.25, -0.2) is 15.0 Å². The maximum atomic E-state index is 12.1. The minimum absolute atomic E-state index is 0.0326. The van der Waals surface area contributed by atoms with Gasteiger partial charge in [-0.1, -0.05) is 60.7 Å². The monoisotopic (exact) mass is 699 g/mol. The van der Waals surface area contributed by atoms with Gasteiger partial charge in [-0.15, -0.1) is 0 Å². The number of rotatable bonds is 10. The molecule has 12 nitrogen and oxygen atoms in total. The molecular formula is C30H30IN5O7. The largest absolute Gasteiger partial charge is 0.463 e. The van der Waals surface area contributed by atoms with Gasteiger partial charge in [0.1, 0.15) is 12.7 Å². The van der Waals surface area contributed by atoms with Crippen LogP contribution in [0.2, 0.25) is 0 Å². The fraction of sp³-hybridized carbons (Fsp3) is 0.333. The zero-order chi connectivity index (χ0) is 30.5. The van der Waals surface area contributed by atoms with Gasteiger partial charge in [-0.05, 0) is 11.1 Å². The molecule has 5 rings (SSSR count). The van der Waals surface area contributed by atoms with Crippen LogP contribution in [0.1, 0.15) is 44.0 Å². The minimum Gasteiger partial charge on any atom is -0.463 e. The van der Waals surface area contributed by atoms with Crippen molar-refractivity contribution in [2.24, 2.45) is 0 Å². The predicted octanol–water partition coefficient (Wildman–Crippen LogP) is 4.00. The second-order valence-corrected chi connectivity index (χ2v) is 10.9. The lowest BCUT2D eigenvalue weighted by Crippen LogP contribution is -2.40. The standard InChI is InChI=1S/C30H30IN5O7/c1-17(37)40-15-23-25(41-18(2)38)26(42-19(3)39)29(43-23)36-16-33-24-27(34-30(31)35-28(24)36)32-14-22(20-10-6-4-7-11-20)21-12-8-5-9-13-21/h4-13,16,22-23,25-26,29H,14-15H2,1-3H3,(H,32,34,35)/t23-,25-,26-,29-/m1/s1. The van der Waals surface area contributed by atoms with Crippen LogP contribution in [0.25, 0.3) is 11.2 Å². The van der Waals surface area contributed by atoms with E-state index in [9.17, 15) is 14.4 Å². The number of fused-ring (bicyclic) bond motifs is 1. The third kappa shape index (κ3) is 7.10. The molecule has 4 aromatic rings. The Labute approximate surface area is 261 Å². The molecule has 1 aliphatic heterocycles. The Morgan fingerprint density at radius 1 is 0.907 bits per heavy atom. The highest BCUT2D eigenvalue weighted by Crippen LogP contribution is 2.37. The Bertz CT molecular complexity index is 1560. The molecule has 224 valence electrons. The molecule has 0 unspecified atom stereocenters. The second kappa shape index (κ2) is 13.5. The molecule has 2 aromatic carbocycles. The summed E-state index contributed by atoms with van der Waals surface area (Å²) in [5.41, 5.74) is 3.17. The first-order chi connectivity index (χ1) is 20.7. The molecule has 13 heteroatoms. The van der Waals surface area contributed by atoms with E-state index >= 15 is 0 Å². The minimum atomic E-state index is -1.07. The Morgan fingerprint density at radius 2 is 1.51 bits per heavy atom. The summed E-state index contributed by atoms with van der Waals surface area (Å²) < 4.78 is 24.5. The Balaban J connectivity index is 1.49. The lowest BCUT2D eigenvalue weighted by molar-refractivity contribution is -0.166. The lowest BCUT2D eigenvalue weighted by atomic mass is 9.91. The number of hydrogen-bond acceptors (Lipinski definition) is 11. The molecule has 0 saturated carbocycles. The van der Waals surface area contributed by atoms with Crippen LogP contribution in [0.4, 0.5) is 5.82 Å². The van der Waals surface area contributed by atoms with Crippen molar-refractivity contribution < 1.29 is 33.3 Å². The number of hydrogen-bond donors (Lipinski definition) is 1. The number of imidazole rings is 1. The zero-order valence-electron chi connectivity index (χ0n) is 23.7. The number of anilines is 1. The summed E-state index contributed by atoms with van der Waals surface area (Å²) in [7, 11) is 0. The Hall–Kier alpha value is -4.11. The van der Waals surface area contributed by atoms with Crippen LogP contribution in [0.3, 0.4) is 0 Å². The van der Waals surface area contributed by atoms with Gasteiger partial charge < -0.3 is 24.3 Å². The zero-order valence-corrected chi connectivity index (χ0v) is 25.8. The number of halogens is 1. The smallest absolute Gasteiger partial charge is 0.303 e. The summed E-state index contributed by atoms with van der Waals surface area (Å²) in [6, 6.07) is 20.4. The predicted molar refractivity (Wildman–Crippen MR) is 163 cm³/mol. The first-order valence-corrected chi connectivity index (χ1v) is 14.7. The normalized spacial score (nSPS) is 19.7. The molecule has 4 atom stereocenters. The Kier molecular flexibility index (Phi) is 9.50. The molecule has 43 heavy (non-hydrogen) atoms. The van der Waals surface area contributed by atoms with E-state index in [1.54, 1.807) is 4.57 Å². The third-order valence-corrected chi connectivity index (χ3v) is 7.37. The molecular weight excluding hydrogens is 669 g/mol. The van der Waals surface area contributed by atoms with Gasteiger partial charge in [0, 0.05) is 55.8 Å². The summed E-state index contributed by atoms with van der Waals surface area (Å²) in [5.74, 6) is -1.20. The molecule has 2 aromatic heterocycles. The molecule has 0 spiro atoms. The number of nitrogens with one attached hydrogen (secondary N) is 1. The summed E-state index contributed by atoms with van der Waals surface area (Å²) in [6.45, 7) is 4.05. The Morgan fingerprint density at radius 3 is 2.09 bits per heavy atom. The molecule has 1 saturated heterocycles. The van der Waals surface area contributed by atoms with Crippen LogP contribution < -0.4 is 5.32 Å². The lowest BCUT2D eigenvalue weighted by Gasteiger charge is -2.23. The summed E-state index contributed by atoms with van der Waals surface area (Å²) in [4.78, 5) is 49.4. The van der Waals surface area contributed by atoms with Crippen molar-refractivity contribution in [3.05, 3.63) is 81.9 Å². The first-order valence-electron chi connectivity index (χ1n) is 13.6. The van der Waals surface area contributed by atoms with Gasteiger partial charge in [0.05, 0.1) is 6.33 Å². The number of benzene rings is 2. The number of aromatic nitrogens is 4. The number of nitrogens with zero attached hydrogens (tertiary/aromatic N) is 4. The number of carbonyl (C=O) groups is 3. The fourth-order valence-corrected chi connectivity index (χ4v) is 5.58. The summed E-state index contributed by atoms with van der Waals surface area (Å²) in [5, 5.41) is 3.46. The van der Waals surface area contributed by atoms with Crippen LogP contribution in [0.5, 0.6) is 0 Å². The van der Waals surface area contributed by atoms with Crippen LogP contribution in [-0.2, 0) is 33.3 Å². The van der Waals surface area contributed by atoms with Crippen molar-refractivity contribution in [2.75, 3.05) is 18.5 Å². The summed E-state index contributed by atoms with van der Waals surface area (Å²) in [6.07, 6.45) is -2.50. The van der Waals surface area contributed by atoms with Crippen molar-refractivity contribution >= 4 is 57.5 Å². The number of carbonyl (C=O) groups excluding carboxylic acids is 3. The van der Waals surface area contributed by atoms with Gasteiger partial charge in [0.25, 0.3) is 0 Å². The average molecular weight is 700 g/mol. The first kappa shape index (κ1) is 30.4. The fourth-order valence-electron chi connectivity index (χ4n) is 5.11. The molecule has 1 N–H and O–H groups in total. The van der Waals surface area contributed by atoms with E-state index in [1.165, 1.54) is 27.1 Å². The summed E-state index contributed by atoms with van der Waals surface area (Å²) >= 11 is 2.02. The van der Waals surface area contributed by atoms with Crippen molar-refractivity contribution in [1.29, 1.82) is 0 Å². The third-order valence-electron chi connectivity index (χ3n) is 6.89. The van der Waals surface area contributed by atoms with E-state index < -0.39 is 42.4 Å².